The zero-order chi connectivity index (χ0) is 29.3. The number of piperazine rings is 1. The largest absolute Gasteiger partial charge is 0.368 e. The Kier molecular flexibility index (Phi) is 7.56. The summed E-state index contributed by atoms with van der Waals surface area (Å²) in [5, 5.41) is 18.3. The number of hydrogen-bond acceptors (Lipinski definition) is 8. The monoisotopic (exact) mass is 560 g/mol. The number of nitrogens with zero attached hydrogens (tertiary/aromatic N) is 8. The maximum absolute atomic E-state index is 13.2. The summed E-state index contributed by atoms with van der Waals surface area (Å²) in [6.45, 7) is 11.0. The van der Waals surface area contributed by atoms with Crippen molar-refractivity contribution in [3.8, 4) is 23.0 Å². The lowest BCUT2D eigenvalue weighted by Gasteiger charge is -2.36. The van der Waals surface area contributed by atoms with Gasteiger partial charge in [0.2, 0.25) is 0 Å². The van der Waals surface area contributed by atoms with Gasteiger partial charge in [-0.1, -0.05) is 23.4 Å². The van der Waals surface area contributed by atoms with Gasteiger partial charge < -0.3 is 4.90 Å². The SMILES string of the molecule is Cc1ncc(CC(=O)c2cccc(C(C)(C)C#N)c2)cc1-n1cc(-c2cncc(N3CCN(CC4CC4)CC3)c2)nn1. The van der Waals surface area contributed by atoms with Crippen LogP contribution in [0.1, 0.15) is 53.9 Å². The number of carbonyl (C=O) groups excluding carboxylic acids is 1. The van der Waals surface area contributed by atoms with E-state index in [4.69, 9.17) is 0 Å². The van der Waals surface area contributed by atoms with E-state index in [1.807, 2.05) is 63.6 Å². The van der Waals surface area contributed by atoms with Gasteiger partial charge in [0.1, 0.15) is 5.69 Å². The molecule has 3 aromatic heterocycles. The summed E-state index contributed by atoms with van der Waals surface area (Å²) in [6, 6.07) is 13.7. The summed E-state index contributed by atoms with van der Waals surface area (Å²) in [7, 11) is 0. The Morgan fingerprint density at radius 3 is 2.64 bits per heavy atom. The topological polar surface area (TPSA) is 104 Å². The number of Topliss-reactive ketones (excluding diaryl/α,β-unsaturated/α-hetero) is 1. The molecule has 1 aliphatic heterocycles. The van der Waals surface area contributed by atoms with Gasteiger partial charge in [-0.25, -0.2) is 4.68 Å². The van der Waals surface area contributed by atoms with E-state index in [0.717, 1.165) is 71.5 Å². The molecule has 1 saturated carbocycles. The zero-order valence-corrected chi connectivity index (χ0v) is 24.5. The van der Waals surface area contributed by atoms with E-state index in [1.54, 1.807) is 16.9 Å². The molecule has 0 unspecified atom stereocenters. The maximum atomic E-state index is 13.2. The van der Waals surface area contributed by atoms with E-state index in [-0.39, 0.29) is 12.2 Å². The normalized spacial score (nSPS) is 15.9. The van der Waals surface area contributed by atoms with Crippen molar-refractivity contribution in [1.29, 1.82) is 5.26 Å². The second-order valence-electron chi connectivity index (χ2n) is 12.1. The zero-order valence-electron chi connectivity index (χ0n) is 24.5. The average Bonchev–Trinajstić information content (AvgIpc) is 3.69. The Balaban J connectivity index is 1.16. The molecule has 214 valence electrons. The minimum absolute atomic E-state index is 0.0299. The number of hydrogen-bond donors (Lipinski definition) is 0. The second-order valence-corrected chi connectivity index (χ2v) is 12.1. The van der Waals surface area contributed by atoms with Gasteiger partial charge in [-0.3, -0.25) is 19.7 Å². The molecule has 2 fully saturated rings. The first kappa shape index (κ1) is 27.7. The van der Waals surface area contributed by atoms with Gasteiger partial charge in [0, 0.05) is 62.7 Å². The molecule has 6 rings (SSSR count). The van der Waals surface area contributed by atoms with E-state index in [0.29, 0.717) is 5.56 Å². The number of aromatic nitrogens is 5. The van der Waals surface area contributed by atoms with Crippen molar-refractivity contribution >= 4 is 11.5 Å². The Morgan fingerprint density at radius 1 is 1.07 bits per heavy atom. The predicted molar refractivity (Wildman–Crippen MR) is 162 cm³/mol. The number of anilines is 1. The molecule has 0 N–H and O–H groups in total. The minimum atomic E-state index is -0.667. The molecule has 1 aliphatic carbocycles. The molecule has 42 heavy (non-hydrogen) atoms. The van der Waals surface area contributed by atoms with Crippen molar-refractivity contribution in [2.24, 2.45) is 5.92 Å². The molecular weight excluding hydrogens is 524 g/mol. The number of nitriles is 1. The van der Waals surface area contributed by atoms with Crippen molar-refractivity contribution in [3.63, 3.8) is 0 Å². The van der Waals surface area contributed by atoms with Gasteiger partial charge >= 0.3 is 0 Å². The first-order valence-corrected chi connectivity index (χ1v) is 14.6. The smallest absolute Gasteiger partial charge is 0.167 e. The summed E-state index contributed by atoms with van der Waals surface area (Å²) in [6.07, 6.45) is 10.3. The van der Waals surface area contributed by atoms with Crippen LogP contribution in [-0.2, 0) is 11.8 Å². The molecule has 2 aliphatic rings. The summed E-state index contributed by atoms with van der Waals surface area (Å²) in [4.78, 5) is 27.2. The summed E-state index contributed by atoms with van der Waals surface area (Å²) < 4.78 is 1.71. The molecule has 4 heterocycles. The van der Waals surface area contributed by atoms with Crippen LogP contribution in [0.5, 0.6) is 0 Å². The van der Waals surface area contributed by atoms with Gasteiger partial charge in [0.25, 0.3) is 0 Å². The van der Waals surface area contributed by atoms with Crippen LogP contribution in [0.15, 0.2) is 61.2 Å². The lowest BCUT2D eigenvalue weighted by Crippen LogP contribution is -2.47. The predicted octanol–water partition coefficient (Wildman–Crippen LogP) is 4.79. The molecule has 1 saturated heterocycles. The fraction of sp³-hybridized carbons (Fsp3) is 0.394. The van der Waals surface area contributed by atoms with Crippen LogP contribution in [0, 0.1) is 24.2 Å². The van der Waals surface area contributed by atoms with Crippen molar-refractivity contribution in [1.82, 2.24) is 29.9 Å². The average molecular weight is 561 g/mol. The number of aryl methyl sites for hydroxylation is 1. The van der Waals surface area contributed by atoms with E-state index >= 15 is 0 Å². The van der Waals surface area contributed by atoms with Crippen LogP contribution >= 0.6 is 0 Å². The third kappa shape index (κ3) is 6.09. The standard InChI is InChI=1S/C33H36N8O/c1-23-31(13-25(17-36-23)14-32(42)26-5-4-6-28(15-26)33(2,3)22-34)41-21-30(37-38-41)27-16-29(19-35-18-27)40-11-9-39(10-12-40)20-24-7-8-24/h4-6,13,15-19,21,24H,7-12,14,20H2,1-3H3. The summed E-state index contributed by atoms with van der Waals surface area (Å²) in [5.74, 6) is 0.891. The molecule has 0 bridgehead atoms. The quantitative estimate of drug-likeness (QED) is 0.269. The van der Waals surface area contributed by atoms with Gasteiger partial charge in [-0.2, -0.15) is 5.26 Å². The highest BCUT2D eigenvalue weighted by atomic mass is 16.1. The van der Waals surface area contributed by atoms with Gasteiger partial charge in [0.15, 0.2) is 5.78 Å². The first-order valence-electron chi connectivity index (χ1n) is 14.6. The third-order valence-corrected chi connectivity index (χ3v) is 8.38. The van der Waals surface area contributed by atoms with Crippen LogP contribution in [0.3, 0.4) is 0 Å². The Bertz CT molecular complexity index is 1640. The van der Waals surface area contributed by atoms with Crippen LogP contribution in [-0.4, -0.2) is 68.4 Å². The minimum Gasteiger partial charge on any atom is -0.368 e. The molecule has 4 aromatic rings. The van der Waals surface area contributed by atoms with E-state index in [9.17, 15) is 10.1 Å². The van der Waals surface area contributed by atoms with Crippen LogP contribution in [0.2, 0.25) is 0 Å². The molecule has 9 nitrogen and oxygen atoms in total. The maximum Gasteiger partial charge on any atom is 0.167 e. The second kappa shape index (κ2) is 11.5. The van der Waals surface area contributed by atoms with E-state index in [2.05, 4.69) is 42.2 Å². The van der Waals surface area contributed by atoms with E-state index in [1.165, 1.54) is 19.4 Å². The molecule has 0 spiro atoms. The van der Waals surface area contributed by atoms with Gasteiger partial charge in [-0.05, 0) is 68.9 Å². The van der Waals surface area contributed by atoms with Crippen molar-refractivity contribution in [2.45, 2.75) is 45.4 Å². The molecular formula is C33H36N8O. The fourth-order valence-electron chi connectivity index (χ4n) is 5.43. The summed E-state index contributed by atoms with van der Waals surface area (Å²) >= 11 is 0. The fourth-order valence-corrected chi connectivity index (χ4v) is 5.43. The lowest BCUT2D eigenvalue weighted by molar-refractivity contribution is 0.0992. The van der Waals surface area contributed by atoms with Crippen molar-refractivity contribution in [3.05, 3.63) is 83.6 Å². The molecule has 0 amide bonds. The summed E-state index contributed by atoms with van der Waals surface area (Å²) in [5.41, 5.74) is 5.83. The number of benzene rings is 1. The van der Waals surface area contributed by atoms with Crippen LogP contribution < -0.4 is 4.90 Å². The number of carbonyl (C=O) groups is 1. The Hall–Kier alpha value is -4.42. The lowest BCUT2D eigenvalue weighted by atomic mass is 9.85. The number of ketones is 1. The van der Waals surface area contributed by atoms with Crippen molar-refractivity contribution in [2.75, 3.05) is 37.6 Å². The molecule has 0 radical (unpaired) electrons. The third-order valence-electron chi connectivity index (χ3n) is 8.38. The molecule has 1 aromatic carbocycles. The Labute approximate surface area is 246 Å². The Morgan fingerprint density at radius 2 is 1.88 bits per heavy atom. The highest BCUT2D eigenvalue weighted by molar-refractivity contribution is 5.97. The van der Waals surface area contributed by atoms with E-state index < -0.39 is 5.41 Å². The first-order chi connectivity index (χ1) is 20.3. The highest BCUT2D eigenvalue weighted by Crippen LogP contribution is 2.30. The van der Waals surface area contributed by atoms with Crippen LogP contribution in [0.4, 0.5) is 5.69 Å². The van der Waals surface area contributed by atoms with Gasteiger partial charge in [0.05, 0.1) is 40.9 Å². The number of pyridine rings is 2. The van der Waals surface area contributed by atoms with Gasteiger partial charge in [-0.15, -0.1) is 5.10 Å². The number of rotatable bonds is 9. The molecule has 9 heteroatoms. The van der Waals surface area contributed by atoms with Crippen LogP contribution in [0.25, 0.3) is 16.9 Å². The highest BCUT2D eigenvalue weighted by Gasteiger charge is 2.27. The van der Waals surface area contributed by atoms with Crippen molar-refractivity contribution < 1.29 is 4.79 Å². The molecule has 0 atom stereocenters.